The molecule has 0 radical (unpaired) electrons. The summed E-state index contributed by atoms with van der Waals surface area (Å²) in [5.74, 6) is 2.56. The van der Waals surface area contributed by atoms with Crippen molar-refractivity contribution in [1.82, 2.24) is 0 Å². The van der Waals surface area contributed by atoms with Crippen molar-refractivity contribution < 1.29 is 19.8 Å². The van der Waals surface area contributed by atoms with Crippen molar-refractivity contribution in [2.24, 2.45) is 40.4 Å². The maximum absolute atomic E-state index is 12.1. The van der Waals surface area contributed by atoms with Gasteiger partial charge in [0.15, 0.2) is 5.78 Å². The fraction of sp³-hybridized carbons (Fsp3) is 0.826. The number of carbonyl (C=O) groups excluding carboxylic acids is 1. The second-order valence-electron chi connectivity index (χ2n) is 10.7. The minimum absolute atomic E-state index is 0. The number of hydrogen-bond acceptors (Lipinski definition) is 3. The molecule has 5 aliphatic rings. The molecule has 0 heterocycles. The second-order valence-corrected chi connectivity index (χ2v) is 10.7. The molecule has 0 saturated heterocycles. The van der Waals surface area contributed by atoms with Gasteiger partial charge in [-0.05, 0) is 91.4 Å². The van der Waals surface area contributed by atoms with Crippen molar-refractivity contribution in [2.75, 3.05) is 0 Å². The summed E-state index contributed by atoms with van der Waals surface area (Å²) in [5.41, 5.74) is 0.635. The Bertz CT molecular complexity index is 747. The second kappa shape index (κ2) is 6.99. The van der Waals surface area contributed by atoms with E-state index in [1.165, 1.54) is 12.0 Å². The fourth-order valence-corrected chi connectivity index (χ4v) is 8.24. The summed E-state index contributed by atoms with van der Waals surface area (Å²) in [6, 6.07) is 0. The molecule has 5 aliphatic carbocycles. The molecule has 0 aromatic carbocycles. The molecular weight excluding hydrogens is 379 g/mol. The summed E-state index contributed by atoms with van der Waals surface area (Å²) in [6.07, 6.45) is 9.22. The van der Waals surface area contributed by atoms with Crippen LogP contribution >= 0.6 is 0 Å². The summed E-state index contributed by atoms with van der Waals surface area (Å²) in [5, 5.41) is 20.6. The van der Waals surface area contributed by atoms with Crippen molar-refractivity contribution >= 4 is 63.1 Å². The van der Waals surface area contributed by atoms with Gasteiger partial charge in [0, 0.05) is 12.8 Å². The number of ketones is 1. The van der Waals surface area contributed by atoms with Gasteiger partial charge in [0.05, 0.1) is 5.60 Å². The number of carboxylic acids is 1. The molecule has 2 N–H and O–H groups in total. The Hall–Kier alpha value is 0.476. The van der Waals surface area contributed by atoms with Crippen LogP contribution in [0, 0.1) is 40.4 Å². The third-order valence-electron chi connectivity index (χ3n) is 9.83. The van der Waals surface area contributed by atoms with Gasteiger partial charge in [-0.15, -0.1) is 0 Å². The molecule has 4 fully saturated rings. The number of aliphatic carboxylic acids is 1. The van der Waals surface area contributed by atoms with Crippen LogP contribution in [0.3, 0.4) is 0 Å². The number of hydrogen-bond donors (Lipinski definition) is 2. The predicted octanol–water partition coefficient (Wildman–Crippen LogP) is 3.32. The van der Waals surface area contributed by atoms with E-state index in [1.807, 2.05) is 6.08 Å². The third-order valence-corrected chi connectivity index (χ3v) is 9.83. The average molecular weight is 413 g/mol. The maximum atomic E-state index is 12.1. The van der Waals surface area contributed by atoms with Crippen LogP contribution in [0.2, 0.25) is 0 Å². The topological polar surface area (TPSA) is 74.6 Å². The zero-order valence-corrected chi connectivity index (χ0v) is 16.5. The van der Waals surface area contributed by atoms with Crippen molar-refractivity contribution in [3.63, 3.8) is 0 Å². The molecule has 0 amide bonds. The molecule has 5 heteroatoms. The van der Waals surface area contributed by atoms with Gasteiger partial charge in [0.25, 0.3) is 0 Å². The first-order chi connectivity index (χ1) is 12.7. The van der Waals surface area contributed by atoms with Crippen LogP contribution in [0.1, 0.15) is 71.6 Å². The van der Waals surface area contributed by atoms with Crippen molar-refractivity contribution in [2.45, 2.75) is 77.2 Å². The fourth-order valence-electron chi connectivity index (χ4n) is 8.24. The minimum atomic E-state index is -0.828. The summed E-state index contributed by atoms with van der Waals surface area (Å²) < 4.78 is 0. The summed E-state index contributed by atoms with van der Waals surface area (Å²) >= 11 is 0. The van der Waals surface area contributed by atoms with Crippen molar-refractivity contribution in [3.8, 4) is 0 Å². The van der Waals surface area contributed by atoms with E-state index in [2.05, 4.69) is 13.8 Å². The number of fused-ring (bicyclic) bond motifs is 8. The molecule has 5 rings (SSSR count). The molecule has 0 bridgehead atoms. The Morgan fingerprint density at radius 3 is 2.61 bits per heavy atom. The molecule has 28 heavy (non-hydrogen) atoms. The van der Waals surface area contributed by atoms with E-state index in [4.69, 9.17) is 5.11 Å². The number of allylic oxidation sites excluding steroid dienone is 1. The van der Waals surface area contributed by atoms with Crippen LogP contribution < -0.4 is 0 Å². The van der Waals surface area contributed by atoms with E-state index in [-0.39, 0.29) is 68.6 Å². The van der Waals surface area contributed by atoms with Gasteiger partial charge in [0.2, 0.25) is 0 Å². The normalized spacial score (nSPS) is 51.0. The average Bonchev–Trinajstić information content (AvgIpc) is 3.35. The number of carbonyl (C=O) groups is 2. The van der Waals surface area contributed by atoms with Crippen LogP contribution in [0.4, 0.5) is 0 Å². The molecule has 0 aliphatic heterocycles. The Labute approximate surface area is 210 Å². The van der Waals surface area contributed by atoms with E-state index in [0.29, 0.717) is 48.2 Å². The molecule has 0 aromatic rings. The first-order valence-corrected chi connectivity index (χ1v) is 10.9. The Balaban J connectivity index is 0.00000192. The standard InChI is InChI=1S/C23H32O4.K.H/c1-21-7-3-13(24)11-18(21)14-12-15(14)20-16(21)4-8-22(2)17(20)5-9-23(22,27)10-6-19(25)26;;/h11,14-17,20,27H,3-10,12H2,1-2H3,(H,25,26);;/t14-,15+,16-,17-,20+,21+,22-,23+;;/m0../s1. The molecule has 150 valence electrons. The van der Waals surface area contributed by atoms with E-state index in [1.54, 1.807) is 0 Å². The Kier molecular flexibility index (Phi) is 5.42. The zero-order chi connectivity index (χ0) is 19.2. The molecule has 0 spiro atoms. The zero-order valence-electron chi connectivity index (χ0n) is 16.5. The van der Waals surface area contributed by atoms with Crippen molar-refractivity contribution in [3.05, 3.63) is 11.6 Å². The Morgan fingerprint density at radius 2 is 1.89 bits per heavy atom. The predicted molar refractivity (Wildman–Crippen MR) is 108 cm³/mol. The molecule has 0 aromatic heterocycles. The number of aliphatic hydroxyl groups is 1. The van der Waals surface area contributed by atoms with Gasteiger partial charge in [0.1, 0.15) is 0 Å². The van der Waals surface area contributed by atoms with Crippen molar-refractivity contribution in [1.29, 1.82) is 0 Å². The van der Waals surface area contributed by atoms with E-state index >= 15 is 0 Å². The van der Waals surface area contributed by atoms with Crippen LogP contribution in [0.25, 0.3) is 0 Å². The molecule has 4 nitrogen and oxygen atoms in total. The molecule has 8 atom stereocenters. The summed E-state index contributed by atoms with van der Waals surface area (Å²) in [6.45, 7) is 4.66. The van der Waals surface area contributed by atoms with Gasteiger partial charge in [-0.3, -0.25) is 9.59 Å². The van der Waals surface area contributed by atoms with Gasteiger partial charge in [-0.25, -0.2) is 0 Å². The first kappa shape index (κ1) is 21.7. The number of carboxylic acid groups (broad SMARTS) is 1. The third kappa shape index (κ3) is 2.86. The van der Waals surface area contributed by atoms with Crippen LogP contribution in [-0.2, 0) is 9.59 Å². The van der Waals surface area contributed by atoms with E-state index in [0.717, 1.165) is 32.1 Å². The van der Waals surface area contributed by atoms with E-state index < -0.39 is 11.6 Å². The molecule has 0 unspecified atom stereocenters. The van der Waals surface area contributed by atoms with Gasteiger partial charge < -0.3 is 10.2 Å². The summed E-state index contributed by atoms with van der Waals surface area (Å²) in [4.78, 5) is 23.2. The first-order valence-electron chi connectivity index (χ1n) is 10.9. The molecular formula is C23H33KO4. The summed E-state index contributed by atoms with van der Waals surface area (Å²) in [7, 11) is 0. The molecule has 4 saturated carbocycles. The van der Waals surface area contributed by atoms with Gasteiger partial charge in [-0.1, -0.05) is 19.4 Å². The monoisotopic (exact) mass is 412 g/mol. The number of rotatable bonds is 3. The van der Waals surface area contributed by atoms with E-state index in [9.17, 15) is 14.7 Å². The Morgan fingerprint density at radius 1 is 1.18 bits per heavy atom. The van der Waals surface area contributed by atoms with Crippen LogP contribution in [0.15, 0.2) is 11.6 Å². The quantitative estimate of drug-likeness (QED) is 0.698. The van der Waals surface area contributed by atoms with Crippen LogP contribution in [0.5, 0.6) is 0 Å². The SMILES string of the molecule is C[C@]12CCC(=O)C=C1[C@H]1C[C@H]1[C@@H]1[C@@H]2CC[C@@]2(C)[C@H]1CC[C@@]2(O)CCC(=O)O.[KH]. The van der Waals surface area contributed by atoms with Gasteiger partial charge >= 0.3 is 57.4 Å². The van der Waals surface area contributed by atoms with Crippen LogP contribution in [-0.4, -0.2) is 79.0 Å². The van der Waals surface area contributed by atoms with Gasteiger partial charge in [-0.2, -0.15) is 0 Å².